The Hall–Kier alpha value is -2.31. The van der Waals surface area contributed by atoms with Crippen LogP contribution in [-0.2, 0) is 11.3 Å². The third-order valence-electron chi connectivity index (χ3n) is 5.18. The fourth-order valence-corrected chi connectivity index (χ4v) is 5.12. The SMILES string of the molecule is Cc1cc(C)c2c(=O)n(CC(=O)N3CCN(c4cccc(Cl)c4)CC3)sc2c1. The average Bonchev–Trinajstić information content (AvgIpc) is 2.97. The van der Waals surface area contributed by atoms with Gasteiger partial charge in [0.2, 0.25) is 5.91 Å². The molecule has 0 bridgehead atoms. The van der Waals surface area contributed by atoms with Crippen LogP contribution in [0.3, 0.4) is 0 Å². The first-order valence-electron chi connectivity index (χ1n) is 9.32. The highest BCUT2D eigenvalue weighted by atomic mass is 35.5. The van der Waals surface area contributed by atoms with Crippen LogP contribution in [0.4, 0.5) is 5.69 Å². The molecule has 0 atom stereocenters. The van der Waals surface area contributed by atoms with Gasteiger partial charge >= 0.3 is 0 Å². The second-order valence-corrected chi connectivity index (χ2v) is 8.74. The number of hydrogen-bond acceptors (Lipinski definition) is 4. The third-order valence-corrected chi connectivity index (χ3v) is 6.45. The number of carbonyl (C=O) groups is 1. The van der Waals surface area contributed by atoms with E-state index in [2.05, 4.69) is 4.90 Å². The topological polar surface area (TPSA) is 45.6 Å². The highest BCUT2D eigenvalue weighted by molar-refractivity contribution is 7.13. The Morgan fingerprint density at radius 1 is 1.11 bits per heavy atom. The number of aromatic nitrogens is 1. The first-order chi connectivity index (χ1) is 13.4. The molecule has 1 aliphatic heterocycles. The molecular formula is C21H22ClN3O2S. The number of fused-ring (bicyclic) bond motifs is 1. The minimum Gasteiger partial charge on any atom is -0.368 e. The molecule has 1 amide bonds. The number of rotatable bonds is 3. The van der Waals surface area contributed by atoms with Crippen molar-refractivity contribution in [2.24, 2.45) is 0 Å². The molecule has 1 saturated heterocycles. The number of aryl methyl sites for hydroxylation is 2. The lowest BCUT2D eigenvalue weighted by atomic mass is 10.1. The summed E-state index contributed by atoms with van der Waals surface area (Å²) in [6.45, 7) is 6.87. The zero-order chi connectivity index (χ0) is 19.8. The number of piperazine rings is 1. The van der Waals surface area contributed by atoms with E-state index < -0.39 is 0 Å². The van der Waals surface area contributed by atoms with Gasteiger partial charge in [-0.1, -0.05) is 35.3 Å². The van der Waals surface area contributed by atoms with Crippen LogP contribution in [0.2, 0.25) is 5.02 Å². The Bertz CT molecular complexity index is 1100. The molecule has 3 aromatic rings. The van der Waals surface area contributed by atoms with Gasteiger partial charge in [0, 0.05) is 36.9 Å². The van der Waals surface area contributed by atoms with Crippen LogP contribution in [0.15, 0.2) is 41.2 Å². The van der Waals surface area contributed by atoms with Crippen LogP contribution < -0.4 is 10.5 Å². The fourth-order valence-electron chi connectivity index (χ4n) is 3.77. The summed E-state index contributed by atoms with van der Waals surface area (Å²) in [6.07, 6.45) is 0. The molecule has 0 unspecified atom stereocenters. The predicted molar refractivity (Wildman–Crippen MR) is 116 cm³/mol. The van der Waals surface area contributed by atoms with E-state index in [9.17, 15) is 9.59 Å². The molecule has 1 aromatic heterocycles. The van der Waals surface area contributed by atoms with Crippen LogP contribution in [-0.4, -0.2) is 40.9 Å². The molecule has 0 saturated carbocycles. The van der Waals surface area contributed by atoms with Crippen molar-refractivity contribution in [2.45, 2.75) is 20.4 Å². The molecule has 28 heavy (non-hydrogen) atoms. The maximum Gasteiger partial charge on any atom is 0.269 e. The van der Waals surface area contributed by atoms with Crippen molar-refractivity contribution in [2.75, 3.05) is 31.1 Å². The Labute approximate surface area is 172 Å². The van der Waals surface area contributed by atoms with Crippen LogP contribution >= 0.6 is 23.1 Å². The van der Waals surface area contributed by atoms with Gasteiger partial charge < -0.3 is 9.80 Å². The molecule has 4 rings (SSSR count). The van der Waals surface area contributed by atoms with Crippen LogP contribution in [0.5, 0.6) is 0 Å². The highest BCUT2D eigenvalue weighted by Gasteiger charge is 2.23. The van der Waals surface area contributed by atoms with Gasteiger partial charge in [-0.05, 0) is 49.2 Å². The first-order valence-corrected chi connectivity index (χ1v) is 10.5. The summed E-state index contributed by atoms with van der Waals surface area (Å²) in [6, 6.07) is 11.8. The number of halogens is 1. The number of benzene rings is 2. The molecule has 1 fully saturated rings. The number of hydrogen-bond donors (Lipinski definition) is 0. The van der Waals surface area contributed by atoms with Crippen LogP contribution in [0.25, 0.3) is 10.1 Å². The van der Waals surface area contributed by atoms with E-state index in [1.807, 2.05) is 55.1 Å². The van der Waals surface area contributed by atoms with Gasteiger partial charge in [0.1, 0.15) is 6.54 Å². The molecule has 2 heterocycles. The Kier molecular flexibility index (Phi) is 5.17. The van der Waals surface area contributed by atoms with E-state index in [1.165, 1.54) is 11.5 Å². The minimum atomic E-state index is -0.0663. The lowest BCUT2D eigenvalue weighted by Gasteiger charge is -2.36. The van der Waals surface area contributed by atoms with Crippen molar-refractivity contribution in [3.63, 3.8) is 0 Å². The van der Waals surface area contributed by atoms with Gasteiger partial charge in [-0.15, -0.1) is 0 Å². The maximum atomic E-state index is 12.8. The quantitative estimate of drug-likeness (QED) is 0.655. The first kappa shape index (κ1) is 19.0. The second-order valence-electron chi connectivity index (χ2n) is 7.24. The van der Waals surface area contributed by atoms with Gasteiger partial charge in [-0.2, -0.15) is 0 Å². The normalized spacial score (nSPS) is 14.7. The lowest BCUT2D eigenvalue weighted by Crippen LogP contribution is -2.49. The Morgan fingerprint density at radius 3 is 2.57 bits per heavy atom. The number of anilines is 1. The monoisotopic (exact) mass is 415 g/mol. The van der Waals surface area contributed by atoms with E-state index in [0.717, 1.165) is 40.0 Å². The van der Waals surface area contributed by atoms with Gasteiger partial charge in [0.05, 0.1) is 10.1 Å². The maximum absolute atomic E-state index is 12.8. The highest BCUT2D eigenvalue weighted by Crippen LogP contribution is 2.23. The largest absolute Gasteiger partial charge is 0.368 e. The molecule has 2 aromatic carbocycles. The van der Waals surface area contributed by atoms with Gasteiger partial charge in [-0.25, -0.2) is 0 Å². The molecule has 146 valence electrons. The van der Waals surface area contributed by atoms with Gasteiger partial charge in [0.25, 0.3) is 5.56 Å². The summed E-state index contributed by atoms with van der Waals surface area (Å²) in [7, 11) is 0. The minimum absolute atomic E-state index is 0.00576. The Morgan fingerprint density at radius 2 is 1.86 bits per heavy atom. The predicted octanol–water partition coefficient (Wildman–Crippen LogP) is 3.68. The molecule has 5 nitrogen and oxygen atoms in total. The van der Waals surface area contributed by atoms with E-state index in [4.69, 9.17) is 11.6 Å². The smallest absolute Gasteiger partial charge is 0.269 e. The number of nitrogens with zero attached hydrogens (tertiary/aromatic N) is 3. The molecule has 0 spiro atoms. The molecule has 7 heteroatoms. The van der Waals surface area contributed by atoms with Crippen LogP contribution in [0.1, 0.15) is 11.1 Å². The van der Waals surface area contributed by atoms with Crippen molar-refractivity contribution in [3.8, 4) is 0 Å². The summed E-state index contributed by atoms with van der Waals surface area (Å²) in [5.74, 6) is -0.00576. The zero-order valence-electron chi connectivity index (χ0n) is 15.9. The standard InChI is InChI=1S/C21H22ClN3O2S/c1-14-10-15(2)20-18(11-14)28-25(21(20)27)13-19(26)24-8-6-23(7-9-24)17-5-3-4-16(22)12-17/h3-5,10-12H,6-9,13H2,1-2H3. The van der Waals surface area contributed by atoms with E-state index in [-0.39, 0.29) is 18.0 Å². The zero-order valence-corrected chi connectivity index (χ0v) is 17.5. The summed E-state index contributed by atoms with van der Waals surface area (Å²) < 4.78 is 2.53. The summed E-state index contributed by atoms with van der Waals surface area (Å²) >= 11 is 7.46. The summed E-state index contributed by atoms with van der Waals surface area (Å²) in [5.41, 5.74) is 3.11. The third kappa shape index (κ3) is 3.66. The number of carbonyl (C=O) groups excluding carboxylic acids is 1. The molecule has 0 aliphatic carbocycles. The van der Waals surface area contributed by atoms with Crippen LogP contribution in [0, 0.1) is 13.8 Å². The van der Waals surface area contributed by atoms with Crippen molar-refractivity contribution in [1.82, 2.24) is 8.86 Å². The summed E-state index contributed by atoms with van der Waals surface area (Å²) in [5, 5.41) is 1.44. The van der Waals surface area contributed by atoms with Crippen molar-refractivity contribution in [3.05, 3.63) is 62.9 Å². The lowest BCUT2D eigenvalue weighted by molar-refractivity contribution is -0.132. The number of amides is 1. The van der Waals surface area contributed by atoms with E-state index in [1.54, 1.807) is 3.96 Å². The van der Waals surface area contributed by atoms with Crippen molar-refractivity contribution in [1.29, 1.82) is 0 Å². The fraction of sp³-hybridized carbons (Fsp3) is 0.333. The van der Waals surface area contributed by atoms with E-state index in [0.29, 0.717) is 18.1 Å². The van der Waals surface area contributed by atoms with Gasteiger partial charge in [-0.3, -0.25) is 13.5 Å². The van der Waals surface area contributed by atoms with Gasteiger partial charge in [0.15, 0.2) is 0 Å². The van der Waals surface area contributed by atoms with Crippen molar-refractivity contribution >= 4 is 44.8 Å². The molecule has 1 aliphatic rings. The molecular weight excluding hydrogens is 394 g/mol. The van der Waals surface area contributed by atoms with E-state index >= 15 is 0 Å². The second kappa shape index (κ2) is 7.60. The molecule has 0 N–H and O–H groups in total. The Balaban J connectivity index is 1.45. The van der Waals surface area contributed by atoms with Crippen molar-refractivity contribution < 1.29 is 4.79 Å². The molecule has 0 radical (unpaired) electrons. The summed E-state index contributed by atoms with van der Waals surface area (Å²) in [4.78, 5) is 29.6. The average molecular weight is 416 g/mol.